The predicted octanol–water partition coefficient (Wildman–Crippen LogP) is 0.737. The summed E-state index contributed by atoms with van der Waals surface area (Å²) in [4.78, 5) is 22.7. The van der Waals surface area contributed by atoms with Crippen molar-refractivity contribution >= 4 is 11.8 Å². The predicted molar refractivity (Wildman–Crippen MR) is 69.1 cm³/mol. The maximum absolute atomic E-state index is 11.7. The Morgan fingerprint density at radius 2 is 2.32 bits per heavy atom. The van der Waals surface area contributed by atoms with Crippen molar-refractivity contribution < 1.29 is 9.59 Å². The van der Waals surface area contributed by atoms with Crippen LogP contribution in [0, 0.1) is 12.3 Å². The van der Waals surface area contributed by atoms with Crippen LogP contribution in [0.25, 0.3) is 0 Å². The second kappa shape index (κ2) is 5.83. The number of rotatable bonds is 7. The second-order valence-electron chi connectivity index (χ2n) is 4.99. The average molecular weight is 262 g/mol. The van der Waals surface area contributed by atoms with E-state index in [0.717, 1.165) is 12.8 Å². The van der Waals surface area contributed by atoms with E-state index in [1.807, 2.05) is 0 Å². The van der Waals surface area contributed by atoms with Gasteiger partial charge < -0.3 is 10.6 Å². The van der Waals surface area contributed by atoms with E-state index in [1.165, 1.54) is 0 Å². The SMILES string of the molecule is C#CCCC1(CCC(=O)NC[C@@H]2CCC(=O)N2)N=N1. The van der Waals surface area contributed by atoms with Crippen molar-refractivity contribution in [3.05, 3.63) is 0 Å². The van der Waals surface area contributed by atoms with Gasteiger partial charge in [0.1, 0.15) is 0 Å². The molecule has 0 aromatic carbocycles. The zero-order valence-corrected chi connectivity index (χ0v) is 10.8. The minimum atomic E-state index is -0.398. The number of terminal acetylenes is 1. The average Bonchev–Trinajstić information content (AvgIpc) is 3.06. The number of carbonyl (C=O) groups is 2. The Morgan fingerprint density at radius 1 is 1.53 bits per heavy atom. The van der Waals surface area contributed by atoms with E-state index < -0.39 is 5.66 Å². The molecule has 6 heteroatoms. The van der Waals surface area contributed by atoms with Crippen LogP contribution in [0.15, 0.2) is 10.2 Å². The maximum Gasteiger partial charge on any atom is 0.220 e. The van der Waals surface area contributed by atoms with E-state index >= 15 is 0 Å². The highest BCUT2D eigenvalue weighted by atomic mass is 16.2. The first-order valence-corrected chi connectivity index (χ1v) is 6.57. The van der Waals surface area contributed by atoms with Gasteiger partial charge in [-0.1, -0.05) is 0 Å². The number of nitrogens with one attached hydrogen (secondary N) is 2. The Bertz CT molecular complexity index is 432. The lowest BCUT2D eigenvalue weighted by atomic mass is 10.0. The van der Waals surface area contributed by atoms with E-state index in [9.17, 15) is 9.59 Å². The second-order valence-corrected chi connectivity index (χ2v) is 4.99. The van der Waals surface area contributed by atoms with E-state index in [1.54, 1.807) is 0 Å². The van der Waals surface area contributed by atoms with Crippen LogP contribution in [0.5, 0.6) is 0 Å². The summed E-state index contributed by atoms with van der Waals surface area (Å²) in [6.07, 6.45) is 8.88. The molecule has 2 N–H and O–H groups in total. The quantitative estimate of drug-likeness (QED) is 0.663. The van der Waals surface area contributed by atoms with Crippen LogP contribution in [0.3, 0.4) is 0 Å². The van der Waals surface area contributed by atoms with E-state index in [2.05, 4.69) is 26.8 Å². The van der Waals surface area contributed by atoms with Crippen LogP contribution in [0.1, 0.15) is 38.5 Å². The first kappa shape index (κ1) is 13.5. The van der Waals surface area contributed by atoms with Crippen molar-refractivity contribution in [2.24, 2.45) is 10.2 Å². The topological polar surface area (TPSA) is 82.9 Å². The fraction of sp³-hybridized carbons (Fsp3) is 0.692. The Kier molecular flexibility index (Phi) is 4.15. The van der Waals surface area contributed by atoms with Crippen LogP contribution in [0.2, 0.25) is 0 Å². The van der Waals surface area contributed by atoms with Gasteiger partial charge in [-0.05, 0) is 6.42 Å². The van der Waals surface area contributed by atoms with Crippen molar-refractivity contribution in [2.75, 3.05) is 6.54 Å². The van der Waals surface area contributed by atoms with Crippen molar-refractivity contribution in [1.29, 1.82) is 0 Å². The molecule has 0 unspecified atom stereocenters. The lowest BCUT2D eigenvalue weighted by Gasteiger charge is -2.12. The number of carbonyl (C=O) groups excluding carboxylic acids is 2. The lowest BCUT2D eigenvalue weighted by molar-refractivity contribution is -0.122. The molecule has 1 atom stereocenters. The fourth-order valence-corrected chi connectivity index (χ4v) is 2.14. The summed E-state index contributed by atoms with van der Waals surface area (Å²) in [6.45, 7) is 0.496. The Hall–Kier alpha value is -1.90. The van der Waals surface area contributed by atoms with E-state index in [-0.39, 0.29) is 17.9 Å². The molecule has 2 heterocycles. The third-order valence-electron chi connectivity index (χ3n) is 3.44. The van der Waals surface area contributed by atoms with Gasteiger partial charge in [0.2, 0.25) is 11.8 Å². The van der Waals surface area contributed by atoms with Gasteiger partial charge in [-0.3, -0.25) is 9.59 Å². The highest BCUT2D eigenvalue weighted by Crippen LogP contribution is 2.37. The standard InChI is InChI=1S/C13H18N4O2/c1-2-3-7-13(16-17-13)8-6-11(18)14-9-10-4-5-12(19)15-10/h1,10H,3-9H2,(H,14,18)(H,15,19)/t10-/m0/s1. The molecule has 2 aliphatic heterocycles. The van der Waals surface area contributed by atoms with Crippen LogP contribution in [0.4, 0.5) is 0 Å². The molecule has 6 nitrogen and oxygen atoms in total. The molecule has 1 fully saturated rings. The minimum Gasteiger partial charge on any atom is -0.354 e. The molecule has 2 aliphatic rings. The molecule has 1 saturated heterocycles. The van der Waals surface area contributed by atoms with Gasteiger partial charge in [-0.15, -0.1) is 12.3 Å². The van der Waals surface area contributed by atoms with Gasteiger partial charge in [0.15, 0.2) is 5.66 Å². The molecule has 102 valence electrons. The Morgan fingerprint density at radius 3 is 2.89 bits per heavy atom. The largest absolute Gasteiger partial charge is 0.354 e. The summed E-state index contributed by atoms with van der Waals surface area (Å²) >= 11 is 0. The molecule has 2 amide bonds. The summed E-state index contributed by atoms with van der Waals surface area (Å²) in [7, 11) is 0. The molecule has 0 spiro atoms. The minimum absolute atomic E-state index is 0.0291. The monoisotopic (exact) mass is 262 g/mol. The van der Waals surface area contributed by atoms with Gasteiger partial charge in [0, 0.05) is 44.7 Å². The Balaban J connectivity index is 1.60. The summed E-state index contributed by atoms with van der Waals surface area (Å²) in [5, 5.41) is 13.6. The lowest BCUT2D eigenvalue weighted by Crippen LogP contribution is -2.38. The van der Waals surface area contributed by atoms with Crippen molar-refractivity contribution in [1.82, 2.24) is 10.6 Å². The number of hydrogen-bond donors (Lipinski definition) is 2. The van der Waals surface area contributed by atoms with Crippen LogP contribution in [-0.2, 0) is 9.59 Å². The molecule has 0 aromatic rings. The van der Waals surface area contributed by atoms with Gasteiger partial charge in [-0.25, -0.2) is 0 Å². The fourth-order valence-electron chi connectivity index (χ4n) is 2.14. The highest BCUT2D eigenvalue weighted by molar-refractivity contribution is 5.79. The van der Waals surface area contributed by atoms with Gasteiger partial charge in [0.05, 0.1) is 0 Å². The molecule has 19 heavy (non-hydrogen) atoms. The Labute approximate surface area is 112 Å². The van der Waals surface area contributed by atoms with Gasteiger partial charge in [-0.2, -0.15) is 10.2 Å². The molecular weight excluding hydrogens is 244 g/mol. The van der Waals surface area contributed by atoms with Crippen LogP contribution in [-0.4, -0.2) is 30.1 Å². The van der Waals surface area contributed by atoms with Crippen LogP contribution >= 0.6 is 0 Å². The third-order valence-corrected chi connectivity index (χ3v) is 3.44. The first-order valence-electron chi connectivity index (χ1n) is 6.57. The van der Waals surface area contributed by atoms with Crippen molar-refractivity contribution in [3.63, 3.8) is 0 Å². The van der Waals surface area contributed by atoms with Crippen LogP contribution < -0.4 is 10.6 Å². The zero-order valence-electron chi connectivity index (χ0n) is 10.8. The number of hydrogen-bond acceptors (Lipinski definition) is 4. The molecular formula is C13H18N4O2. The highest BCUT2D eigenvalue weighted by Gasteiger charge is 2.39. The molecule has 0 aromatic heterocycles. The summed E-state index contributed by atoms with van der Waals surface area (Å²) < 4.78 is 0. The molecule has 0 radical (unpaired) electrons. The first-order chi connectivity index (χ1) is 9.13. The summed E-state index contributed by atoms with van der Waals surface area (Å²) in [6, 6.07) is 0.0714. The number of nitrogens with zero attached hydrogens (tertiary/aromatic N) is 2. The molecule has 2 rings (SSSR count). The third kappa shape index (κ3) is 4.05. The van der Waals surface area contributed by atoms with E-state index in [0.29, 0.717) is 32.2 Å². The molecule has 0 aliphatic carbocycles. The normalized spacial score (nSPS) is 22.7. The smallest absolute Gasteiger partial charge is 0.220 e. The van der Waals surface area contributed by atoms with E-state index in [4.69, 9.17) is 6.42 Å². The summed E-state index contributed by atoms with van der Waals surface area (Å²) in [5.41, 5.74) is -0.398. The molecule has 0 bridgehead atoms. The zero-order chi connectivity index (χ0) is 13.7. The molecule has 0 saturated carbocycles. The number of amides is 2. The van der Waals surface area contributed by atoms with Gasteiger partial charge >= 0.3 is 0 Å². The summed E-state index contributed by atoms with van der Waals surface area (Å²) in [5.74, 6) is 2.59. The van der Waals surface area contributed by atoms with Gasteiger partial charge in [0.25, 0.3) is 0 Å². The maximum atomic E-state index is 11.7. The van der Waals surface area contributed by atoms with Crippen molar-refractivity contribution in [2.45, 2.75) is 50.2 Å². The van der Waals surface area contributed by atoms with Crippen molar-refractivity contribution in [3.8, 4) is 12.3 Å².